The summed E-state index contributed by atoms with van der Waals surface area (Å²) in [6.45, 7) is 3.82. The third-order valence-corrected chi connectivity index (χ3v) is 5.80. The predicted octanol–water partition coefficient (Wildman–Crippen LogP) is 3.35. The molecule has 7 nitrogen and oxygen atoms in total. The van der Waals surface area contributed by atoms with Crippen LogP contribution >= 0.6 is 0 Å². The van der Waals surface area contributed by atoms with Gasteiger partial charge in [0.25, 0.3) is 0 Å². The molecule has 1 saturated carbocycles. The summed E-state index contributed by atoms with van der Waals surface area (Å²) >= 11 is 0. The lowest BCUT2D eigenvalue weighted by atomic mass is 9.88. The highest BCUT2D eigenvalue weighted by atomic mass is 16.5. The minimum atomic E-state index is -0.187. The summed E-state index contributed by atoms with van der Waals surface area (Å²) in [5.41, 5.74) is 1.92. The first-order chi connectivity index (χ1) is 13.6. The lowest BCUT2D eigenvalue weighted by molar-refractivity contribution is -0.144. The maximum atomic E-state index is 12.9. The number of carbonyl (C=O) groups excluding carboxylic acids is 1. The summed E-state index contributed by atoms with van der Waals surface area (Å²) in [6.07, 6.45) is 5.48. The number of rotatable bonds is 4. The number of hydrogen-bond acceptors (Lipinski definition) is 5. The van der Waals surface area contributed by atoms with Gasteiger partial charge in [-0.3, -0.25) is 9.48 Å². The van der Waals surface area contributed by atoms with E-state index in [1.807, 2.05) is 47.8 Å². The molecule has 1 aliphatic carbocycles. The van der Waals surface area contributed by atoms with Gasteiger partial charge in [0.15, 0.2) is 5.82 Å². The molecule has 7 heteroatoms. The fourth-order valence-electron chi connectivity index (χ4n) is 4.09. The highest BCUT2D eigenvalue weighted by Gasteiger charge is 2.31. The zero-order valence-electron chi connectivity index (χ0n) is 16.7. The van der Waals surface area contributed by atoms with Crippen molar-refractivity contribution in [1.29, 1.82) is 0 Å². The lowest BCUT2D eigenvalue weighted by Crippen LogP contribution is -2.45. The van der Waals surface area contributed by atoms with E-state index in [1.165, 1.54) is 19.3 Å². The van der Waals surface area contributed by atoms with Crippen LogP contribution in [0.25, 0.3) is 0 Å². The summed E-state index contributed by atoms with van der Waals surface area (Å²) in [5, 5.41) is 7.67. The number of amides is 1. The zero-order valence-corrected chi connectivity index (χ0v) is 16.7. The number of ether oxygens (including phenoxy) is 1. The minimum absolute atomic E-state index is 0.187. The van der Waals surface area contributed by atoms with Crippen LogP contribution in [0.2, 0.25) is 0 Å². The van der Waals surface area contributed by atoms with Crippen LogP contribution in [0.3, 0.4) is 0 Å². The van der Waals surface area contributed by atoms with Gasteiger partial charge in [-0.1, -0.05) is 25.3 Å². The van der Waals surface area contributed by atoms with Crippen molar-refractivity contribution in [3.05, 3.63) is 35.7 Å². The topological polar surface area (TPSA) is 72.3 Å². The Bertz CT molecular complexity index is 808. The van der Waals surface area contributed by atoms with Crippen LogP contribution in [-0.2, 0) is 16.6 Å². The molecule has 0 spiro atoms. The number of carbonyl (C=O) groups is 1. The van der Waals surface area contributed by atoms with Crippen LogP contribution in [0, 0.1) is 12.8 Å². The SMILES string of the molecule is Cc1cc(Nc2cccc([C@H]3CN(C(=O)C4CCCCC4)CCO3)n2)nn1C. The largest absolute Gasteiger partial charge is 0.368 e. The van der Waals surface area contributed by atoms with E-state index in [1.54, 1.807) is 0 Å². The molecule has 2 aromatic heterocycles. The quantitative estimate of drug-likeness (QED) is 0.877. The van der Waals surface area contributed by atoms with Crippen molar-refractivity contribution < 1.29 is 9.53 Å². The second-order valence-electron chi connectivity index (χ2n) is 7.85. The Kier molecular flexibility index (Phi) is 5.62. The summed E-state index contributed by atoms with van der Waals surface area (Å²) in [4.78, 5) is 19.6. The first-order valence-electron chi connectivity index (χ1n) is 10.2. The monoisotopic (exact) mass is 383 g/mol. The van der Waals surface area contributed by atoms with E-state index in [-0.39, 0.29) is 12.0 Å². The number of morpholine rings is 1. The van der Waals surface area contributed by atoms with Crippen molar-refractivity contribution in [2.75, 3.05) is 25.0 Å². The highest BCUT2D eigenvalue weighted by molar-refractivity contribution is 5.79. The number of nitrogens with zero attached hydrogens (tertiary/aromatic N) is 4. The van der Waals surface area contributed by atoms with E-state index in [4.69, 9.17) is 9.72 Å². The first-order valence-corrected chi connectivity index (χ1v) is 10.2. The molecule has 1 saturated heterocycles. The van der Waals surface area contributed by atoms with Gasteiger partial charge in [-0.2, -0.15) is 5.10 Å². The Morgan fingerprint density at radius 3 is 2.79 bits per heavy atom. The maximum Gasteiger partial charge on any atom is 0.225 e. The van der Waals surface area contributed by atoms with Gasteiger partial charge in [0.05, 0.1) is 18.8 Å². The van der Waals surface area contributed by atoms with Crippen molar-refractivity contribution in [3.63, 3.8) is 0 Å². The fourth-order valence-corrected chi connectivity index (χ4v) is 4.09. The van der Waals surface area contributed by atoms with Gasteiger partial charge < -0.3 is 15.0 Å². The number of anilines is 2. The molecule has 1 N–H and O–H groups in total. The molecule has 1 atom stereocenters. The summed E-state index contributed by atoms with van der Waals surface area (Å²) in [5.74, 6) is 1.99. The Labute approximate surface area is 166 Å². The molecule has 3 heterocycles. The van der Waals surface area contributed by atoms with Crippen LogP contribution in [0.15, 0.2) is 24.3 Å². The molecule has 1 aliphatic heterocycles. The van der Waals surface area contributed by atoms with E-state index < -0.39 is 0 Å². The summed E-state index contributed by atoms with van der Waals surface area (Å²) in [7, 11) is 1.91. The Morgan fingerprint density at radius 2 is 2.04 bits per heavy atom. The third-order valence-electron chi connectivity index (χ3n) is 5.80. The highest BCUT2D eigenvalue weighted by Crippen LogP contribution is 2.28. The number of aryl methyl sites for hydroxylation is 2. The Morgan fingerprint density at radius 1 is 1.21 bits per heavy atom. The standard InChI is InChI=1S/C21H29N5O2/c1-15-13-20(24-25(15)2)23-19-10-6-9-17(22-19)18-14-26(11-12-28-18)21(27)16-7-4-3-5-8-16/h6,9-10,13,16,18H,3-5,7-8,11-12,14H2,1-2H3,(H,22,23,24)/t18-/m1/s1. The average molecular weight is 383 g/mol. The first kappa shape index (κ1) is 18.9. The van der Waals surface area contributed by atoms with Crippen LogP contribution in [-0.4, -0.2) is 45.3 Å². The number of aromatic nitrogens is 3. The van der Waals surface area contributed by atoms with Gasteiger partial charge in [-0.05, 0) is 31.9 Å². The van der Waals surface area contributed by atoms with Crippen molar-refractivity contribution in [1.82, 2.24) is 19.7 Å². The summed E-state index contributed by atoms with van der Waals surface area (Å²) in [6, 6.07) is 7.83. The second kappa shape index (κ2) is 8.31. The van der Waals surface area contributed by atoms with Crippen LogP contribution in [0.4, 0.5) is 11.6 Å². The summed E-state index contributed by atoms with van der Waals surface area (Å²) < 4.78 is 7.78. The van der Waals surface area contributed by atoms with Crippen LogP contribution < -0.4 is 5.32 Å². The molecular formula is C21H29N5O2. The van der Waals surface area contributed by atoms with Gasteiger partial charge in [0, 0.05) is 31.3 Å². The smallest absolute Gasteiger partial charge is 0.225 e. The molecule has 0 radical (unpaired) electrons. The third kappa shape index (κ3) is 4.19. The van der Waals surface area contributed by atoms with Crippen LogP contribution in [0.1, 0.15) is 49.6 Å². The van der Waals surface area contributed by atoms with Gasteiger partial charge in [-0.25, -0.2) is 4.98 Å². The van der Waals surface area contributed by atoms with Gasteiger partial charge >= 0.3 is 0 Å². The number of pyridine rings is 1. The molecule has 4 rings (SSSR count). The molecular weight excluding hydrogens is 354 g/mol. The Balaban J connectivity index is 1.43. The van der Waals surface area contributed by atoms with Crippen molar-refractivity contribution in [3.8, 4) is 0 Å². The lowest BCUT2D eigenvalue weighted by Gasteiger charge is -2.35. The average Bonchev–Trinajstić information content (AvgIpc) is 3.05. The molecule has 1 amide bonds. The predicted molar refractivity (Wildman–Crippen MR) is 107 cm³/mol. The normalized spacial score (nSPS) is 20.9. The van der Waals surface area contributed by atoms with E-state index in [0.717, 1.165) is 35.9 Å². The minimum Gasteiger partial charge on any atom is -0.368 e. The molecule has 2 fully saturated rings. The van der Waals surface area contributed by atoms with E-state index in [2.05, 4.69) is 10.4 Å². The fraction of sp³-hybridized carbons (Fsp3) is 0.571. The number of hydrogen-bond donors (Lipinski definition) is 1. The van der Waals surface area contributed by atoms with Crippen molar-refractivity contribution in [2.45, 2.75) is 45.1 Å². The zero-order chi connectivity index (χ0) is 19.5. The second-order valence-corrected chi connectivity index (χ2v) is 7.85. The van der Waals surface area contributed by atoms with Gasteiger partial charge in [0.2, 0.25) is 5.91 Å². The van der Waals surface area contributed by atoms with Gasteiger partial charge in [-0.15, -0.1) is 0 Å². The molecule has 150 valence electrons. The molecule has 0 aromatic carbocycles. The molecule has 2 aromatic rings. The van der Waals surface area contributed by atoms with Crippen molar-refractivity contribution in [2.24, 2.45) is 13.0 Å². The molecule has 28 heavy (non-hydrogen) atoms. The van der Waals surface area contributed by atoms with E-state index in [9.17, 15) is 4.79 Å². The van der Waals surface area contributed by atoms with Crippen LogP contribution in [0.5, 0.6) is 0 Å². The van der Waals surface area contributed by atoms with E-state index in [0.29, 0.717) is 25.6 Å². The maximum absolute atomic E-state index is 12.9. The number of nitrogens with one attached hydrogen (secondary N) is 1. The van der Waals surface area contributed by atoms with Crippen molar-refractivity contribution >= 4 is 17.5 Å². The molecule has 0 unspecified atom stereocenters. The Hall–Kier alpha value is -2.41. The van der Waals surface area contributed by atoms with Gasteiger partial charge in [0.1, 0.15) is 11.9 Å². The molecule has 2 aliphatic rings. The molecule has 0 bridgehead atoms. The van der Waals surface area contributed by atoms with E-state index >= 15 is 0 Å².